The molecule has 9 heteroatoms. The van der Waals surface area contributed by atoms with Crippen LogP contribution in [-0.2, 0) is 13.6 Å². The van der Waals surface area contributed by atoms with Gasteiger partial charge in [0.1, 0.15) is 0 Å². The topological polar surface area (TPSA) is 100.0 Å². The van der Waals surface area contributed by atoms with Crippen molar-refractivity contribution >= 4 is 44.1 Å². The van der Waals surface area contributed by atoms with E-state index >= 15 is 0 Å². The van der Waals surface area contributed by atoms with Crippen LogP contribution < -0.4 is 11.5 Å². The van der Waals surface area contributed by atoms with Crippen molar-refractivity contribution in [3.8, 4) is 0 Å². The minimum absolute atomic E-state index is 0.163. The van der Waals surface area contributed by atoms with Crippen LogP contribution in [-0.4, -0.2) is 45.6 Å². The van der Waals surface area contributed by atoms with E-state index in [9.17, 15) is 0 Å². The van der Waals surface area contributed by atoms with Gasteiger partial charge in [0.25, 0.3) is 10.3 Å². The molecule has 0 atom stereocenters. The summed E-state index contributed by atoms with van der Waals surface area (Å²) >= 11 is 8.40. The Labute approximate surface area is 134 Å². The van der Waals surface area contributed by atoms with Crippen molar-refractivity contribution in [1.29, 1.82) is 0 Å². The molecule has 6 nitrogen and oxygen atoms in total. The molecule has 0 saturated carbocycles. The van der Waals surface area contributed by atoms with Crippen LogP contribution in [0.5, 0.6) is 0 Å². The molecule has 5 N–H and O–H groups in total. The van der Waals surface area contributed by atoms with Crippen LogP contribution in [0.25, 0.3) is 0 Å². The van der Waals surface area contributed by atoms with E-state index in [1.165, 1.54) is 19.3 Å². The normalized spacial score (nSPS) is 8.85. The zero-order valence-electron chi connectivity index (χ0n) is 12.8. The molecule has 0 aromatic heterocycles. The number of thiocarbonyl (C=S) groups is 2. The molecular weight excluding hydrogens is 316 g/mol. The summed E-state index contributed by atoms with van der Waals surface area (Å²) < 4.78 is 14.5. The summed E-state index contributed by atoms with van der Waals surface area (Å²) in [5.41, 5.74) is 9.51. The van der Waals surface area contributed by atoms with Gasteiger partial charge in [-0.2, -0.15) is 0 Å². The summed E-state index contributed by atoms with van der Waals surface area (Å²) in [6.45, 7) is 4.82. The third-order valence-corrected chi connectivity index (χ3v) is 3.35. The second kappa shape index (κ2) is 20.8. The average molecular weight is 345 g/mol. The maximum Gasteiger partial charge on any atom is 0.317 e. The maximum absolute atomic E-state index is 7.56. The fourth-order valence-corrected chi connectivity index (χ4v) is 1.07. The summed E-state index contributed by atoms with van der Waals surface area (Å²) in [5.74, 6) is 0. The first-order valence-corrected chi connectivity index (χ1v) is 9.19. The third-order valence-electron chi connectivity index (χ3n) is 1.91. The number of rotatable bonds is 7. The van der Waals surface area contributed by atoms with Gasteiger partial charge in [-0.1, -0.05) is 26.2 Å². The van der Waals surface area contributed by atoms with Crippen molar-refractivity contribution in [2.45, 2.75) is 39.2 Å². The lowest BCUT2D eigenvalue weighted by Gasteiger charge is -2.01. The number of ether oxygens (including phenoxy) is 1. The largest absolute Gasteiger partial charge is 0.487 e. The zero-order valence-corrected chi connectivity index (χ0v) is 15.5. The molecule has 0 aliphatic heterocycles. The van der Waals surface area contributed by atoms with Crippen LogP contribution in [0.4, 0.5) is 0 Å². The SMILES string of the molecule is CCCCCCOC(N)=S.CO[SiH](C)OC.NC(O)=S. The van der Waals surface area contributed by atoms with E-state index in [1.54, 1.807) is 14.2 Å². The van der Waals surface area contributed by atoms with E-state index in [0.717, 1.165) is 6.42 Å². The van der Waals surface area contributed by atoms with Crippen molar-refractivity contribution in [1.82, 2.24) is 0 Å². The molecule has 0 amide bonds. The fraction of sp³-hybridized carbons (Fsp3) is 0.818. The molecular formula is C11H28N2O4S2Si. The molecule has 0 fully saturated rings. The molecule has 0 spiro atoms. The Bertz CT molecular complexity index is 228. The van der Waals surface area contributed by atoms with Crippen LogP contribution in [0.15, 0.2) is 0 Å². The van der Waals surface area contributed by atoms with E-state index < -0.39 is 14.5 Å². The zero-order chi connectivity index (χ0) is 16.4. The van der Waals surface area contributed by atoms with Crippen LogP contribution >= 0.6 is 24.4 Å². The van der Waals surface area contributed by atoms with Crippen LogP contribution in [0.2, 0.25) is 6.55 Å². The second-order valence-corrected chi connectivity index (χ2v) is 6.50. The highest BCUT2D eigenvalue weighted by molar-refractivity contribution is 7.80. The van der Waals surface area contributed by atoms with Crippen LogP contribution in [0, 0.1) is 0 Å². The number of hydrogen-bond acceptors (Lipinski definition) is 5. The van der Waals surface area contributed by atoms with Gasteiger partial charge in [0.2, 0.25) is 0 Å². The van der Waals surface area contributed by atoms with Gasteiger partial charge in [0.05, 0.1) is 6.61 Å². The lowest BCUT2D eigenvalue weighted by atomic mass is 10.2. The number of aliphatic hydroxyl groups is 1. The first-order valence-electron chi connectivity index (χ1n) is 6.27. The van der Waals surface area contributed by atoms with Crippen molar-refractivity contribution in [2.75, 3.05) is 20.8 Å². The Morgan fingerprint density at radius 1 is 1.10 bits per heavy atom. The minimum Gasteiger partial charge on any atom is -0.487 e. The van der Waals surface area contributed by atoms with Gasteiger partial charge in [-0.05, 0) is 37.4 Å². The molecule has 122 valence electrons. The Balaban J connectivity index is -0.000000246. The molecule has 0 heterocycles. The predicted molar refractivity (Wildman–Crippen MR) is 93.3 cm³/mol. The minimum atomic E-state index is -1.16. The first kappa shape index (κ1) is 24.5. The Kier molecular flexibility index (Phi) is 25.5. The summed E-state index contributed by atoms with van der Waals surface area (Å²) in [4.78, 5) is 0. The van der Waals surface area contributed by atoms with Gasteiger partial charge < -0.3 is 30.2 Å². The summed E-state index contributed by atoms with van der Waals surface area (Å²) in [6.07, 6.45) is 4.78. The van der Waals surface area contributed by atoms with Gasteiger partial charge in [-0.15, -0.1) is 0 Å². The molecule has 0 aliphatic rings. The molecule has 20 heavy (non-hydrogen) atoms. The molecule has 0 rings (SSSR count). The smallest absolute Gasteiger partial charge is 0.317 e. The van der Waals surface area contributed by atoms with Crippen molar-refractivity contribution < 1.29 is 18.7 Å². The van der Waals surface area contributed by atoms with Crippen LogP contribution in [0.1, 0.15) is 32.6 Å². The summed E-state index contributed by atoms with van der Waals surface area (Å²) in [5, 5.41) is 7.23. The summed E-state index contributed by atoms with van der Waals surface area (Å²) in [6, 6.07) is 0. The molecule has 0 saturated heterocycles. The quantitative estimate of drug-likeness (QED) is 0.365. The molecule has 0 unspecified atom stereocenters. The average Bonchev–Trinajstić information content (AvgIpc) is 2.37. The van der Waals surface area contributed by atoms with E-state index in [0.29, 0.717) is 6.61 Å². The Morgan fingerprint density at radius 3 is 1.80 bits per heavy atom. The lowest BCUT2D eigenvalue weighted by Crippen LogP contribution is -2.13. The molecule has 0 bridgehead atoms. The Morgan fingerprint density at radius 2 is 1.55 bits per heavy atom. The maximum atomic E-state index is 7.56. The number of aliphatic hydroxyl groups excluding tert-OH is 1. The molecule has 0 radical (unpaired) electrons. The standard InChI is InChI=1S/C7H15NOS.C3H10O2Si.CH3NOS/c1-2-3-4-5-6-9-7(8)10;1-4-6(3)5-2;2-1(3)4/h2-6H2,1H3,(H2,8,10);6H,1-3H3;(H3,2,3,4). The van der Waals surface area contributed by atoms with Gasteiger partial charge in [-0.3, -0.25) is 0 Å². The van der Waals surface area contributed by atoms with E-state index in [-0.39, 0.29) is 5.17 Å². The highest BCUT2D eigenvalue weighted by Crippen LogP contribution is 1.98. The number of unbranched alkanes of at least 4 members (excludes halogenated alkanes) is 3. The molecule has 0 aromatic carbocycles. The van der Waals surface area contributed by atoms with E-state index in [4.69, 9.17) is 24.4 Å². The highest BCUT2D eigenvalue weighted by Gasteiger charge is 1.94. The van der Waals surface area contributed by atoms with Gasteiger partial charge in [0, 0.05) is 14.2 Å². The lowest BCUT2D eigenvalue weighted by molar-refractivity contribution is 0.285. The number of hydrogen-bond donors (Lipinski definition) is 3. The second-order valence-electron chi connectivity index (χ2n) is 3.61. The van der Waals surface area contributed by atoms with Gasteiger partial charge in [-0.25, -0.2) is 0 Å². The predicted octanol–water partition coefficient (Wildman–Crippen LogP) is 1.74. The van der Waals surface area contributed by atoms with Crippen molar-refractivity contribution in [3.63, 3.8) is 0 Å². The number of nitrogens with two attached hydrogens (primary N) is 2. The van der Waals surface area contributed by atoms with Crippen molar-refractivity contribution in [2.24, 2.45) is 11.5 Å². The van der Waals surface area contributed by atoms with Gasteiger partial charge in [0.15, 0.2) is 0 Å². The molecule has 0 aliphatic carbocycles. The first-order chi connectivity index (χ1) is 9.31. The van der Waals surface area contributed by atoms with E-state index in [2.05, 4.69) is 37.1 Å². The molecule has 0 aromatic rings. The Hall–Kier alpha value is -0.483. The fourth-order valence-electron chi connectivity index (χ4n) is 0.798. The van der Waals surface area contributed by atoms with Crippen molar-refractivity contribution in [3.05, 3.63) is 0 Å². The summed E-state index contributed by atoms with van der Waals surface area (Å²) in [7, 11) is 2.17. The third kappa shape index (κ3) is 43.2. The highest BCUT2D eigenvalue weighted by atomic mass is 32.1. The van der Waals surface area contributed by atoms with E-state index in [1.807, 2.05) is 6.55 Å². The van der Waals surface area contributed by atoms with Crippen LogP contribution in [0.3, 0.4) is 0 Å². The van der Waals surface area contributed by atoms with Gasteiger partial charge >= 0.3 is 9.28 Å². The monoisotopic (exact) mass is 344 g/mol.